The molecule has 166 valence electrons. The lowest BCUT2D eigenvalue weighted by atomic mass is 10.0. The Bertz CT molecular complexity index is 522. The van der Waals surface area contributed by atoms with E-state index < -0.39 is 0 Å². The first kappa shape index (κ1) is 22.3. The van der Waals surface area contributed by atoms with Gasteiger partial charge in [0, 0.05) is 59.5 Å². The summed E-state index contributed by atoms with van der Waals surface area (Å²) < 4.78 is 11.3. The molecular weight excluding hydrogens is 370 g/mol. The van der Waals surface area contributed by atoms with Crippen LogP contribution in [0.15, 0.2) is 4.99 Å². The molecule has 3 fully saturated rings. The van der Waals surface area contributed by atoms with E-state index in [-0.39, 0.29) is 18.6 Å². The van der Waals surface area contributed by atoms with E-state index in [1.165, 1.54) is 12.8 Å². The number of piperidine rings is 1. The normalized spacial score (nSPS) is 27.0. The molecule has 29 heavy (non-hydrogen) atoms. The van der Waals surface area contributed by atoms with Crippen LogP contribution in [0.2, 0.25) is 0 Å². The average molecular weight is 410 g/mol. The fraction of sp³-hybridized carbons (Fsp3) is 0.905. The Balaban J connectivity index is 1.46. The van der Waals surface area contributed by atoms with E-state index >= 15 is 0 Å². The molecule has 3 aliphatic heterocycles. The summed E-state index contributed by atoms with van der Waals surface area (Å²) in [5.41, 5.74) is 0. The Hall–Kier alpha value is -1.38. The largest absolute Gasteiger partial charge is 0.381 e. The Morgan fingerprint density at radius 1 is 1.14 bits per heavy atom. The van der Waals surface area contributed by atoms with Crippen molar-refractivity contribution in [3.05, 3.63) is 0 Å². The molecule has 0 aromatic heterocycles. The van der Waals surface area contributed by atoms with Crippen molar-refractivity contribution >= 4 is 11.9 Å². The minimum absolute atomic E-state index is 0.00798. The predicted molar refractivity (Wildman–Crippen MR) is 114 cm³/mol. The van der Waals surface area contributed by atoms with Gasteiger partial charge in [0.1, 0.15) is 6.54 Å². The minimum Gasteiger partial charge on any atom is -0.381 e. The molecule has 2 N–H and O–H groups in total. The highest BCUT2D eigenvalue weighted by molar-refractivity contribution is 5.84. The Kier molecular flexibility index (Phi) is 9.01. The number of aliphatic imine (C=N–C) groups is 1. The number of carbonyl (C=O) groups is 1. The molecule has 0 radical (unpaired) electrons. The second-order valence-corrected chi connectivity index (χ2v) is 8.77. The summed E-state index contributed by atoms with van der Waals surface area (Å²) in [5, 5.41) is 6.98. The number of amides is 1. The third kappa shape index (κ3) is 7.75. The van der Waals surface area contributed by atoms with Crippen LogP contribution in [0, 0.1) is 5.92 Å². The lowest BCUT2D eigenvalue weighted by Crippen LogP contribution is -2.51. The van der Waals surface area contributed by atoms with Crippen molar-refractivity contribution in [3.63, 3.8) is 0 Å². The summed E-state index contributed by atoms with van der Waals surface area (Å²) in [6.45, 7) is 6.94. The van der Waals surface area contributed by atoms with Gasteiger partial charge in [0.25, 0.3) is 0 Å². The highest BCUT2D eigenvalue weighted by atomic mass is 16.5. The van der Waals surface area contributed by atoms with Crippen molar-refractivity contribution in [1.82, 2.24) is 20.4 Å². The van der Waals surface area contributed by atoms with Crippen LogP contribution in [0.25, 0.3) is 0 Å². The lowest BCUT2D eigenvalue weighted by molar-refractivity contribution is -0.127. The topological polar surface area (TPSA) is 78.4 Å². The molecule has 3 rings (SSSR count). The van der Waals surface area contributed by atoms with Crippen LogP contribution in [-0.4, -0.2) is 100 Å². The molecule has 2 unspecified atom stereocenters. The monoisotopic (exact) mass is 409 g/mol. The molecule has 3 saturated heterocycles. The molecule has 8 heteroatoms. The summed E-state index contributed by atoms with van der Waals surface area (Å²) in [7, 11) is 3.53. The molecule has 0 bridgehead atoms. The number of guanidine groups is 1. The van der Waals surface area contributed by atoms with Crippen LogP contribution < -0.4 is 10.6 Å². The quantitative estimate of drug-likeness (QED) is 0.476. The van der Waals surface area contributed by atoms with E-state index in [2.05, 4.69) is 20.5 Å². The summed E-state index contributed by atoms with van der Waals surface area (Å²) in [6, 6.07) is 0.388. The van der Waals surface area contributed by atoms with Crippen molar-refractivity contribution < 1.29 is 14.3 Å². The van der Waals surface area contributed by atoms with Crippen LogP contribution in [0.5, 0.6) is 0 Å². The van der Waals surface area contributed by atoms with Crippen molar-refractivity contribution in [2.75, 3.05) is 66.6 Å². The molecule has 0 aromatic carbocycles. The highest BCUT2D eigenvalue weighted by Crippen LogP contribution is 2.18. The summed E-state index contributed by atoms with van der Waals surface area (Å²) >= 11 is 0. The summed E-state index contributed by atoms with van der Waals surface area (Å²) in [5.74, 6) is 1.44. The third-order valence-corrected chi connectivity index (χ3v) is 6.11. The fourth-order valence-electron chi connectivity index (χ4n) is 4.17. The van der Waals surface area contributed by atoms with E-state index in [0.717, 1.165) is 77.6 Å². The molecule has 2 atom stereocenters. The van der Waals surface area contributed by atoms with Gasteiger partial charge in [-0.25, -0.2) is 4.99 Å². The van der Waals surface area contributed by atoms with Gasteiger partial charge in [0.05, 0.1) is 12.7 Å². The Morgan fingerprint density at radius 2 is 1.97 bits per heavy atom. The van der Waals surface area contributed by atoms with Gasteiger partial charge in [-0.05, 0) is 44.4 Å². The SMILES string of the molecule is CN(C)C(=O)CN=C(NCC1CCCCO1)NC1CCN(CC2CCOC2)CC1. The number of likely N-dealkylation sites (N-methyl/N-ethyl adjacent to an activating group) is 1. The number of hydrogen-bond donors (Lipinski definition) is 2. The molecule has 3 aliphatic rings. The zero-order valence-electron chi connectivity index (χ0n) is 18.2. The molecule has 3 heterocycles. The number of likely N-dealkylation sites (tertiary alicyclic amines) is 1. The number of ether oxygens (including phenoxy) is 2. The molecule has 0 saturated carbocycles. The van der Waals surface area contributed by atoms with Crippen molar-refractivity contribution in [2.24, 2.45) is 10.9 Å². The molecular formula is C21H39N5O3. The van der Waals surface area contributed by atoms with E-state index in [1.807, 2.05) is 0 Å². The maximum absolute atomic E-state index is 12.0. The van der Waals surface area contributed by atoms with Crippen molar-refractivity contribution in [3.8, 4) is 0 Å². The zero-order chi connectivity index (χ0) is 20.5. The van der Waals surface area contributed by atoms with E-state index in [0.29, 0.717) is 12.0 Å². The van der Waals surface area contributed by atoms with Gasteiger partial charge in [0.2, 0.25) is 5.91 Å². The van der Waals surface area contributed by atoms with Crippen LogP contribution in [-0.2, 0) is 14.3 Å². The number of nitrogens with zero attached hydrogens (tertiary/aromatic N) is 3. The maximum atomic E-state index is 12.0. The van der Waals surface area contributed by atoms with Crippen molar-refractivity contribution in [2.45, 2.75) is 50.7 Å². The number of hydrogen-bond acceptors (Lipinski definition) is 5. The third-order valence-electron chi connectivity index (χ3n) is 6.11. The predicted octanol–water partition coefficient (Wildman–Crippen LogP) is 0.680. The van der Waals surface area contributed by atoms with Gasteiger partial charge >= 0.3 is 0 Å². The van der Waals surface area contributed by atoms with Gasteiger partial charge in [0.15, 0.2) is 5.96 Å². The summed E-state index contributed by atoms with van der Waals surface area (Å²) in [4.78, 5) is 20.7. The first-order valence-corrected chi connectivity index (χ1v) is 11.3. The van der Waals surface area contributed by atoms with E-state index in [4.69, 9.17) is 9.47 Å². The molecule has 0 aliphatic carbocycles. The zero-order valence-corrected chi connectivity index (χ0v) is 18.2. The number of rotatable bonds is 7. The van der Waals surface area contributed by atoms with Gasteiger partial charge < -0.3 is 29.9 Å². The second-order valence-electron chi connectivity index (χ2n) is 8.77. The van der Waals surface area contributed by atoms with Gasteiger partial charge in [-0.3, -0.25) is 4.79 Å². The summed E-state index contributed by atoms with van der Waals surface area (Å²) in [6.07, 6.45) is 7.07. The van der Waals surface area contributed by atoms with E-state index in [9.17, 15) is 4.79 Å². The van der Waals surface area contributed by atoms with Gasteiger partial charge in [-0.1, -0.05) is 0 Å². The Morgan fingerprint density at radius 3 is 2.62 bits per heavy atom. The second kappa shape index (κ2) is 11.7. The average Bonchev–Trinajstić information content (AvgIpc) is 3.25. The molecule has 8 nitrogen and oxygen atoms in total. The number of carbonyl (C=O) groups excluding carboxylic acids is 1. The van der Waals surface area contributed by atoms with Gasteiger partial charge in [-0.2, -0.15) is 0 Å². The smallest absolute Gasteiger partial charge is 0.243 e. The first-order chi connectivity index (χ1) is 14.1. The maximum Gasteiger partial charge on any atom is 0.243 e. The minimum atomic E-state index is 0.00798. The van der Waals surface area contributed by atoms with E-state index in [1.54, 1.807) is 19.0 Å². The van der Waals surface area contributed by atoms with Crippen LogP contribution in [0.3, 0.4) is 0 Å². The lowest BCUT2D eigenvalue weighted by Gasteiger charge is -2.34. The molecule has 0 aromatic rings. The molecule has 1 amide bonds. The first-order valence-electron chi connectivity index (χ1n) is 11.3. The van der Waals surface area contributed by atoms with Crippen molar-refractivity contribution in [1.29, 1.82) is 0 Å². The number of nitrogens with one attached hydrogen (secondary N) is 2. The standard InChI is InChI=1S/C21H39N5O3/c1-25(2)20(27)14-23-21(22-13-19-5-3-4-11-29-19)24-18-6-9-26(10-7-18)15-17-8-12-28-16-17/h17-19H,3-16H2,1-2H3,(H2,22,23,24). The molecule has 0 spiro atoms. The van der Waals surface area contributed by atoms with Crippen LogP contribution in [0.4, 0.5) is 0 Å². The Labute approximate surface area is 175 Å². The van der Waals surface area contributed by atoms with Crippen LogP contribution >= 0.6 is 0 Å². The van der Waals surface area contributed by atoms with Gasteiger partial charge in [-0.15, -0.1) is 0 Å². The fourth-order valence-corrected chi connectivity index (χ4v) is 4.17. The highest BCUT2D eigenvalue weighted by Gasteiger charge is 2.24. The van der Waals surface area contributed by atoms with Crippen LogP contribution in [0.1, 0.15) is 38.5 Å².